The van der Waals surface area contributed by atoms with E-state index in [9.17, 15) is 0 Å². The first-order valence-electron chi connectivity index (χ1n) is 7.69. The van der Waals surface area contributed by atoms with E-state index in [1.165, 1.54) is 24.8 Å². The van der Waals surface area contributed by atoms with Crippen molar-refractivity contribution in [3.05, 3.63) is 29.8 Å². The fourth-order valence-corrected chi connectivity index (χ4v) is 2.45. The SMILES string of the molecule is CCCOc1cccc(CNCC2(CCOC)CC2)c1. The molecule has 1 fully saturated rings. The van der Waals surface area contributed by atoms with E-state index >= 15 is 0 Å². The summed E-state index contributed by atoms with van der Waals surface area (Å²) in [5, 5.41) is 3.59. The number of hydrogen-bond donors (Lipinski definition) is 1. The van der Waals surface area contributed by atoms with Crippen molar-refractivity contribution in [3.8, 4) is 5.75 Å². The first-order valence-corrected chi connectivity index (χ1v) is 7.69. The fourth-order valence-electron chi connectivity index (χ4n) is 2.45. The second kappa shape index (κ2) is 7.65. The lowest BCUT2D eigenvalue weighted by Crippen LogP contribution is -2.24. The van der Waals surface area contributed by atoms with Crippen molar-refractivity contribution in [1.82, 2.24) is 5.32 Å². The molecule has 0 aliphatic heterocycles. The van der Waals surface area contributed by atoms with Gasteiger partial charge in [-0.2, -0.15) is 0 Å². The second-order valence-electron chi connectivity index (χ2n) is 5.84. The minimum atomic E-state index is 0.506. The van der Waals surface area contributed by atoms with Gasteiger partial charge in [0.25, 0.3) is 0 Å². The van der Waals surface area contributed by atoms with Crippen molar-refractivity contribution < 1.29 is 9.47 Å². The molecule has 0 heterocycles. The second-order valence-corrected chi connectivity index (χ2v) is 5.84. The topological polar surface area (TPSA) is 30.5 Å². The van der Waals surface area contributed by atoms with E-state index in [1.807, 2.05) is 6.07 Å². The summed E-state index contributed by atoms with van der Waals surface area (Å²) in [5.74, 6) is 0.978. The highest BCUT2D eigenvalue weighted by Gasteiger charge is 2.41. The average molecular weight is 277 g/mol. The molecule has 1 aromatic rings. The molecule has 112 valence electrons. The zero-order valence-electron chi connectivity index (χ0n) is 12.8. The predicted molar refractivity (Wildman–Crippen MR) is 82.1 cm³/mol. The summed E-state index contributed by atoms with van der Waals surface area (Å²) >= 11 is 0. The molecule has 0 spiro atoms. The fraction of sp³-hybridized carbons (Fsp3) is 0.647. The smallest absolute Gasteiger partial charge is 0.119 e. The minimum absolute atomic E-state index is 0.506. The molecular weight excluding hydrogens is 250 g/mol. The van der Waals surface area contributed by atoms with E-state index in [0.29, 0.717) is 5.41 Å². The molecule has 1 aromatic carbocycles. The summed E-state index contributed by atoms with van der Waals surface area (Å²) in [6.07, 6.45) is 4.90. The molecule has 0 saturated heterocycles. The van der Waals surface area contributed by atoms with E-state index in [1.54, 1.807) is 7.11 Å². The van der Waals surface area contributed by atoms with Gasteiger partial charge in [-0.3, -0.25) is 0 Å². The molecule has 0 unspecified atom stereocenters. The van der Waals surface area contributed by atoms with Crippen LogP contribution in [0.2, 0.25) is 0 Å². The van der Waals surface area contributed by atoms with Gasteiger partial charge in [0.05, 0.1) is 6.61 Å². The standard InChI is InChI=1S/C17H27NO2/c1-3-10-20-16-6-4-5-15(12-16)13-18-14-17(7-8-17)9-11-19-2/h4-6,12,18H,3,7-11,13-14H2,1-2H3. The largest absolute Gasteiger partial charge is 0.494 e. The first-order chi connectivity index (χ1) is 9.78. The van der Waals surface area contributed by atoms with Crippen molar-refractivity contribution in [1.29, 1.82) is 0 Å². The number of benzene rings is 1. The van der Waals surface area contributed by atoms with Crippen LogP contribution in [-0.2, 0) is 11.3 Å². The summed E-state index contributed by atoms with van der Waals surface area (Å²) < 4.78 is 10.9. The normalized spacial score (nSPS) is 16.1. The zero-order valence-corrected chi connectivity index (χ0v) is 12.8. The lowest BCUT2D eigenvalue weighted by atomic mass is 10.0. The highest BCUT2D eigenvalue weighted by atomic mass is 16.5. The van der Waals surface area contributed by atoms with E-state index < -0.39 is 0 Å². The predicted octanol–water partition coefficient (Wildman–Crippen LogP) is 3.38. The van der Waals surface area contributed by atoms with Crippen LogP contribution in [0.25, 0.3) is 0 Å². The maximum atomic E-state index is 5.66. The Morgan fingerprint density at radius 1 is 1.25 bits per heavy atom. The third-order valence-electron chi connectivity index (χ3n) is 3.99. The van der Waals surface area contributed by atoms with Crippen LogP contribution in [0.5, 0.6) is 5.75 Å². The van der Waals surface area contributed by atoms with Gasteiger partial charge in [-0.05, 0) is 48.8 Å². The lowest BCUT2D eigenvalue weighted by molar-refractivity contribution is 0.171. The van der Waals surface area contributed by atoms with Gasteiger partial charge >= 0.3 is 0 Å². The average Bonchev–Trinajstić information content (AvgIpc) is 3.24. The molecule has 3 heteroatoms. The Morgan fingerprint density at radius 3 is 2.80 bits per heavy atom. The summed E-state index contributed by atoms with van der Waals surface area (Å²) in [6, 6.07) is 8.39. The van der Waals surface area contributed by atoms with Crippen LogP contribution in [0.3, 0.4) is 0 Å². The Bertz CT molecular complexity index is 402. The molecule has 1 saturated carbocycles. The molecule has 2 rings (SSSR count). The van der Waals surface area contributed by atoms with Crippen molar-refractivity contribution in [2.45, 2.75) is 39.2 Å². The van der Waals surface area contributed by atoms with Gasteiger partial charge in [0, 0.05) is 26.8 Å². The Hall–Kier alpha value is -1.06. The van der Waals surface area contributed by atoms with Crippen molar-refractivity contribution in [2.24, 2.45) is 5.41 Å². The van der Waals surface area contributed by atoms with E-state index in [2.05, 4.69) is 30.4 Å². The molecule has 20 heavy (non-hydrogen) atoms. The zero-order chi connectivity index (χ0) is 14.3. The van der Waals surface area contributed by atoms with Crippen LogP contribution in [0.15, 0.2) is 24.3 Å². The molecule has 0 atom stereocenters. The van der Waals surface area contributed by atoms with E-state index in [4.69, 9.17) is 9.47 Å². The van der Waals surface area contributed by atoms with Gasteiger partial charge in [-0.25, -0.2) is 0 Å². The Morgan fingerprint density at radius 2 is 2.10 bits per heavy atom. The molecule has 0 amide bonds. The van der Waals surface area contributed by atoms with Gasteiger partial charge in [0.15, 0.2) is 0 Å². The maximum absolute atomic E-state index is 5.66. The maximum Gasteiger partial charge on any atom is 0.119 e. The third-order valence-corrected chi connectivity index (χ3v) is 3.99. The van der Waals surface area contributed by atoms with Gasteiger partial charge < -0.3 is 14.8 Å². The molecule has 3 nitrogen and oxygen atoms in total. The summed E-state index contributed by atoms with van der Waals surface area (Å²) in [5.41, 5.74) is 1.80. The molecule has 1 aliphatic rings. The van der Waals surface area contributed by atoms with E-state index in [0.717, 1.165) is 38.5 Å². The van der Waals surface area contributed by atoms with Gasteiger partial charge in [-0.1, -0.05) is 19.1 Å². The highest BCUT2D eigenvalue weighted by Crippen LogP contribution is 2.48. The quantitative estimate of drug-likeness (QED) is 0.711. The minimum Gasteiger partial charge on any atom is -0.494 e. The lowest BCUT2D eigenvalue weighted by Gasteiger charge is -2.15. The van der Waals surface area contributed by atoms with Crippen molar-refractivity contribution >= 4 is 0 Å². The molecular formula is C17H27NO2. The van der Waals surface area contributed by atoms with Crippen LogP contribution >= 0.6 is 0 Å². The van der Waals surface area contributed by atoms with Crippen molar-refractivity contribution in [2.75, 3.05) is 26.9 Å². The van der Waals surface area contributed by atoms with Gasteiger partial charge in [-0.15, -0.1) is 0 Å². The van der Waals surface area contributed by atoms with Crippen molar-refractivity contribution in [3.63, 3.8) is 0 Å². The number of ether oxygens (including phenoxy) is 2. The molecule has 1 N–H and O–H groups in total. The number of rotatable bonds is 10. The Balaban J connectivity index is 1.73. The molecule has 0 radical (unpaired) electrons. The summed E-state index contributed by atoms with van der Waals surface area (Å²) in [6.45, 7) is 5.80. The summed E-state index contributed by atoms with van der Waals surface area (Å²) in [7, 11) is 1.78. The van der Waals surface area contributed by atoms with Crippen LogP contribution in [0, 0.1) is 5.41 Å². The van der Waals surface area contributed by atoms with Crippen LogP contribution < -0.4 is 10.1 Å². The number of nitrogens with one attached hydrogen (secondary N) is 1. The monoisotopic (exact) mass is 277 g/mol. The van der Waals surface area contributed by atoms with Crippen LogP contribution in [0.4, 0.5) is 0 Å². The highest BCUT2D eigenvalue weighted by molar-refractivity contribution is 5.28. The van der Waals surface area contributed by atoms with E-state index in [-0.39, 0.29) is 0 Å². The third kappa shape index (κ3) is 4.80. The summed E-state index contributed by atoms with van der Waals surface area (Å²) in [4.78, 5) is 0. The Kier molecular flexibility index (Phi) is 5.86. The molecule has 1 aliphatic carbocycles. The van der Waals surface area contributed by atoms with Gasteiger partial charge in [0.2, 0.25) is 0 Å². The van der Waals surface area contributed by atoms with Gasteiger partial charge in [0.1, 0.15) is 5.75 Å². The van der Waals surface area contributed by atoms with Crippen LogP contribution in [0.1, 0.15) is 38.2 Å². The number of methoxy groups -OCH3 is 1. The first kappa shape index (κ1) is 15.3. The molecule has 0 bridgehead atoms. The number of hydrogen-bond acceptors (Lipinski definition) is 3. The molecule has 0 aromatic heterocycles. The Labute approximate surface area is 122 Å². The van der Waals surface area contributed by atoms with Crippen LogP contribution in [-0.4, -0.2) is 26.9 Å².